The van der Waals surface area contributed by atoms with Crippen LogP contribution >= 0.6 is 11.6 Å². The Balaban J connectivity index is 2.18. The molecule has 0 radical (unpaired) electrons. The van der Waals surface area contributed by atoms with Gasteiger partial charge in [-0.05, 0) is 18.6 Å². The molecule has 1 atom stereocenters. The zero-order valence-electron chi connectivity index (χ0n) is 8.85. The summed E-state index contributed by atoms with van der Waals surface area (Å²) in [6, 6.07) is 7.34. The molecular weight excluding hydrogens is 226 g/mol. The number of aromatic nitrogens is 2. The van der Waals surface area contributed by atoms with Crippen molar-refractivity contribution < 1.29 is 4.52 Å². The summed E-state index contributed by atoms with van der Waals surface area (Å²) in [4.78, 5) is 4.18. The van der Waals surface area contributed by atoms with Crippen molar-refractivity contribution in [3.8, 4) is 0 Å². The minimum Gasteiger partial charge on any atom is -0.338 e. The number of hydrogen-bond acceptors (Lipinski definition) is 4. The van der Waals surface area contributed by atoms with Crippen LogP contribution in [0.5, 0.6) is 0 Å². The molecule has 1 aromatic heterocycles. The van der Waals surface area contributed by atoms with Gasteiger partial charge in [-0.25, -0.2) is 0 Å². The van der Waals surface area contributed by atoms with Gasteiger partial charge in [0.15, 0.2) is 5.82 Å². The monoisotopic (exact) mass is 237 g/mol. The molecule has 1 heterocycles. The second-order valence-corrected chi connectivity index (χ2v) is 4.01. The van der Waals surface area contributed by atoms with Gasteiger partial charge in [-0.3, -0.25) is 0 Å². The van der Waals surface area contributed by atoms with Crippen LogP contribution in [0.2, 0.25) is 5.02 Å². The molecule has 0 aliphatic carbocycles. The Bertz CT molecular complexity index is 482. The smallest absolute Gasteiger partial charge is 0.243 e. The summed E-state index contributed by atoms with van der Waals surface area (Å²) >= 11 is 6.03. The Kier molecular flexibility index (Phi) is 3.22. The molecule has 0 spiro atoms. The highest BCUT2D eigenvalue weighted by atomic mass is 35.5. The summed E-state index contributed by atoms with van der Waals surface area (Å²) in [5.74, 6) is 1.04. The Morgan fingerprint density at radius 1 is 1.44 bits per heavy atom. The van der Waals surface area contributed by atoms with Crippen molar-refractivity contribution in [2.75, 3.05) is 0 Å². The van der Waals surface area contributed by atoms with Gasteiger partial charge in [-0.15, -0.1) is 0 Å². The molecule has 0 bridgehead atoms. The lowest BCUT2D eigenvalue weighted by atomic mass is 10.1. The first-order valence-electron chi connectivity index (χ1n) is 4.98. The first-order valence-corrected chi connectivity index (χ1v) is 5.36. The molecule has 5 heteroatoms. The lowest BCUT2D eigenvalue weighted by Crippen LogP contribution is -2.05. The van der Waals surface area contributed by atoms with Crippen molar-refractivity contribution >= 4 is 11.6 Å². The summed E-state index contributed by atoms with van der Waals surface area (Å²) in [5, 5.41) is 4.55. The average Bonchev–Trinajstić information content (AvgIpc) is 2.70. The highest BCUT2D eigenvalue weighted by molar-refractivity contribution is 6.31. The largest absolute Gasteiger partial charge is 0.338 e. The summed E-state index contributed by atoms with van der Waals surface area (Å²) in [6.45, 7) is 1.80. The van der Waals surface area contributed by atoms with Crippen LogP contribution in [0.4, 0.5) is 0 Å². The molecule has 2 N–H and O–H groups in total. The van der Waals surface area contributed by atoms with Crippen molar-refractivity contribution in [3.63, 3.8) is 0 Å². The predicted octanol–water partition coefficient (Wildman–Crippen LogP) is 2.33. The highest BCUT2D eigenvalue weighted by Crippen LogP contribution is 2.18. The van der Waals surface area contributed by atoms with Gasteiger partial charge < -0.3 is 10.3 Å². The average molecular weight is 238 g/mol. The van der Waals surface area contributed by atoms with Crippen LogP contribution in [0.3, 0.4) is 0 Å². The van der Waals surface area contributed by atoms with E-state index in [4.69, 9.17) is 21.9 Å². The predicted molar refractivity (Wildman–Crippen MR) is 61.2 cm³/mol. The number of halogens is 1. The van der Waals surface area contributed by atoms with Gasteiger partial charge in [0, 0.05) is 11.4 Å². The van der Waals surface area contributed by atoms with Crippen LogP contribution in [-0.2, 0) is 6.42 Å². The Hall–Kier alpha value is -1.39. The molecular formula is C11H12ClN3O. The Morgan fingerprint density at radius 3 is 2.81 bits per heavy atom. The van der Waals surface area contributed by atoms with E-state index < -0.39 is 0 Å². The molecule has 1 unspecified atom stereocenters. The van der Waals surface area contributed by atoms with Crippen LogP contribution in [0, 0.1) is 0 Å². The van der Waals surface area contributed by atoms with E-state index in [1.54, 1.807) is 6.92 Å². The second kappa shape index (κ2) is 4.63. The highest BCUT2D eigenvalue weighted by Gasteiger charge is 2.11. The van der Waals surface area contributed by atoms with Crippen LogP contribution < -0.4 is 5.73 Å². The van der Waals surface area contributed by atoms with E-state index in [1.807, 2.05) is 24.3 Å². The zero-order valence-corrected chi connectivity index (χ0v) is 9.61. The molecule has 0 aliphatic heterocycles. The first-order chi connectivity index (χ1) is 7.66. The normalized spacial score (nSPS) is 12.7. The lowest BCUT2D eigenvalue weighted by Gasteiger charge is -1.99. The van der Waals surface area contributed by atoms with Crippen molar-refractivity contribution in [2.45, 2.75) is 19.4 Å². The molecule has 4 nitrogen and oxygen atoms in total. The molecule has 0 fully saturated rings. The number of nitrogens with zero attached hydrogens (tertiary/aromatic N) is 2. The quantitative estimate of drug-likeness (QED) is 0.890. The second-order valence-electron chi connectivity index (χ2n) is 3.61. The summed E-state index contributed by atoms with van der Waals surface area (Å²) in [7, 11) is 0. The third-order valence-electron chi connectivity index (χ3n) is 2.18. The molecule has 84 valence electrons. The third-order valence-corrected chi connectivity index (χ3v) is 2.55. The molecule has 0 saturated heterocycles. The van der Waals surface area contributed by atoms with E-state index in [0.717, 1.165) is 5.56 Å². The number of hydrogen-bond donors (Lipinski definition) is 1. The van der Waals surface area contributed by atoms with Crippen LogP contribution in [-0.4, -0.2) is 10.1 Å². The maximum Gasteiger partial charge on any atom is 0.243 e. The van der Waals surface area contributed by atoms with Crippen molar-refractivity contribution in [1.29, 1.82) is 0 Å². The topological polar surface area (TPSA) is 64.9 Å². The minimum absolute atomic E-state index is 0.243. The summed E-state index contributed by atoms with van der Waals surface area (Å²) < 4.78 is 5.01. The molecule has 1 aromatic carbocycles. The molecule has 0 amide bonds. The van der Waals surface area contributed by atoms with E-state index in [9.17, 15) is 0 Å². The number of nitrogens with two attached hydrogens (primary N) is 1. The Morgan fingerprint density at radius 2 is 2.19 bits per heavy atom. The first kappa shape index (κ1) is 11.1. The lowest BCUT2D eigenvalue weighted by molar-refractivity contribution is 0.358. The number of rotatable bonds is 3. The van der Waals surface area contributed by atoms with Gasteiger partial charge in [0.05, 0.1) is 6.04 Å². The van der Waals surface area contributed by atoms with E-state index in [1.165, 1.54) is 0 Å². The fourth-order valence-electron chi connectivity index (χ4n) is 1.34. The summed E-state index contributed by atoms with van der Waals surface area (Å²) in [5.41, 5.74) is 6.60. The van der Waals surface area contributed by atoms with Gasteiger partial charge in [0.1, 0.15) is 0 Å². The third kappa shape index (κ3) is 2.40. The standard InChI is InChI=1S/C11H12ClN3O/c1-7(13)11-14-10(15-16-11)6-8-4-2-3-5-9(8)12/h2-5,7H,6,13H2,1H3. The van der Waals surface area contributed by atoms with Gasteiger partial charge >= 0.3 is 0 Å². The van der Waals surface area contributed by atoms with E-state index >= 15 is 0 Å². The van der Waals surface area contributed by atoms with E-state index in [-0.39, 0.29) is 6.04 Å². The van der Waals surface area contributed by atoms with E-state index in [0.29, 0.717) is 23.2 Å². The molecule has 2 rings (SSSR count). The fourth-order valence-corrected chi connectivity index (χ4v) is 1.54. The van der Waals surface area contributed by atoms with Crippen LogP contribution in [0.15, 0.2) is 28.8 Å². The van der Waals surface area contributed by atoms with Gasteiger partial charge in [0.25, 0.3) is 0 Å². The SMILES string of the molecule is CC(N)c1nc(Cc2ccccc2Cl)no1. The maximum atomic E-state index is 6.03. The summed E-state index contributed by atoms with van der Waals surface area (Å²) in [6.07, 6.45) is 0.551. The molecule has 0 saturated carbocycles. The van der Waals surface area contributed by atoms with Gasteiger partial charge in [-0.2, -0.15) is 4.98 Å². The molecule has 0 aliphatic rings. The minimum atomic E-state index is -0.243. The number of benzene rings is 1. The van der Waals surface area contributed by atoms with Crippen LogP contribution in [0.1, 0.15) is 30.2 Å². The van der Waals surface area contributed by atoms with Crippen LogP contribution in [0.25, 0.3) is 0 Å². The van der Waals surface area contributed by atoms with Crippen molar-refractivity contribution in [2.24, 2.45) is 5.73 Å². The maximum absolute atomic E-state index is 6.03. The molecule has 2 aromatic rings. The molecule has 16 heavy (non-hydrogen) atoms. The van der Waals surface area contributed by atoms with Gasteiger partial charge in [-0.1, -0.05) is 35.0 Å². The zero-order chi connectivity index (χ0) is 11.5. The van der Waals surface area contributed by atoms with Crippen molar-refractivity contribution in [1.82, 2.24) is 10.1 Å². The van der Waals surface area contributed by atoms with Crippen molar-refractivity contribution in [3.05, 3.63) is 46.6 Å². The Labute approximate surface area is 98.4 Å². The fraction of sp³-hybridized carbons (Fsp3) is 0.273. The van der Waals surface area contributed by atoms with Gasteiger partial charge in [0.2, 0.25) is 5.89 Å². The van der Waals surface area contributed by atoms with E-state index in [2.05, 4.69) is 10.1 Å².